The van der Waals surface area contributed by atoms with E-state index in [1.807, 2.05) is 6.07 Å². The van der Waals surface area contributed by atoms with E-state index in [1.54, 1.807) is 12.4 Å². The van der Waals surface area contributed by atoms with E-state index in [1.165, 1.54) is 12.8 Å². The molecular formula is C16H25NO3. The molecule has 4 nitrogen and oxygen atoms in total. The first-order valence-corrected chi connectivity index (χ1v) is 7.67. The Hall–Kier alpha value is -1.13. The second-order valence-corrected chi connectivity index (χ2v) is 5.38. The van der Waals surface area contributed by atoms with E-state index < -0.39 is 6.10 Å². The van der Waals surface area contributed by atoms with E-state index in [0.29, 0.717) is 19.1 Å². The van der Waals surface area contributed by atoms with Crippen molar-refractivity contribution in [2.24, 2.45) is 0 Å². The molecule has 1 aliphatic heterocycles. The van der Waals surface area contributed by atoms with Crippen LogP contribution in [0, 0.1) is 0 Å². The third kappa shape index (κ3) is 4.76. The van der Waals surface area contributed by atoms with E-state index in [9.17, 15) is 5.11 Å². The summed E-state index contributed by atoms with van der Waals surface area (Å²) in [7, 11) is 0. The van der Waals surface area contributed by atoms with Crippen molar-refractivity contribution in [1.29, 1.82) is 0 Å². The van der Waals surface area contributed by atoms with Gasteiger partial charge in [0.2, 0.25) is 0 Å². The van der Waals surface area contributed by atoms with E-state index in [2.05, 4.69) is 11.9 Å². The standard InChI is InChI=1S/C16H25NO3/c1-2-8-19-15-10-13(11-17-12-15)16(18)7-6-14-5-3-4-9-20-14/h10-12,14,16,18H,2-9H2,1H3. The van der Waals surface area contributed by atoms with Crippen LogP contribution in [-0.2, 0) is 4.74 Å². The van der Waals surface area contributed by atoms with Crippen LogP contribution in [0.2, 0.25) is 0 Å². The highest BCUT2D eigenvalue weighted by Gasteiger charge is 2.17. The molecule has 112 valence electrons. The molecule has 1 aromatic rings. The van der Waals surface area contributed by atoms with E-state index in [-0.39, 0.29) is 0 Å². The van der Waals surface area contributed by atoms with Crippen molar-refractivity contribution < 1.29 is 14.6 Å². The predicted octanol–water partition coefficient (Wildman–Crippen LogP) is 3.25. The van der Waals surface area contributed by atoms with Crippen molar-refractivity contribution in [1.82, 2.24) is 4.98 Å². The molecular weight excluding hydrogens is 254 g/mol. The lowest BCUT2D eigenvalue weighted by atomic mass is 10.00. The number of ether oxygens (including phenoxy) is 2. The Bertz CT molecular complexity index is 391. The third-order valence-corrected chi connectivity index (χ3v) is 3.63. The summed E-state index contributed by atoms with van der Waals surface area (Å²) in [5, 5.41) is 10.2. The van der Waals surface area contributed by atoms with Gasteiger partial charge in [0.1, 0.15) is 5.75 Å². The van der Waals surface area contributed by atoms with Crippen LogP contribution >= 0.6 is 0 Å². The molecule has 1 aromatic heterocycles. The first-order chi connectivity index (χ1) is 9.79. The number of nitrogens with zero attached hydrogens (tertiary/aromatic N) is 1. The molecule has 20 heavy (non-hydrogen) atoms. The van der Waals surface area contributed by atoms with Crippen LogP contribution in [0.4, 0.5) is 0 Å². The van der Waals surface area contributed by atoms with Crippen molar-refractivity contribution in [3.63, 3.8) is 0 Å². The Morgan fingerprint density at radius 2 is 2.35 bits per heavy atom. The first kappa shape index (κ1) is 15.3. The molecule has 1 saturated heterocycles. The maximum absolute atomic E-state index is 10.2. The fourth-order valence-electron chi connectivity index (χ4n) is 2.46. The first-order valence-electron chi connectivity index (χ1n) is 7.67. The van der Waals surface area contributed by atoms with Crippen molar-refractivity contribution in [3.8, 4) is 5.75 Å². The number of hydrogen-bond acceptors (Lipinski definition) is 4. The van der Waals surface area contributed by atoms with Crippen LogP contribution in [0.1, 0.15) is 57.1 Å². The van der Waals surface area contributed by atoms with Gasteiger partial charge in [0, 0.05) is 18.4 Å². The molecule has 1 fully saturated rings. The van der Waals surface area contributed by atoms with Gasteiger partial charge >= 0.3 is 0 Å². The average molecular weight is 279 g/mol. The lowest BCUT2D eigenvalue weighted by Crippen LogP contribution is -2.19. The minimum Gasteiger partial charge on any atom is -0.492 e. The maximum Gasteiger partial charge on any atom is 0.137 e. The van der Waals surface area contributed by atoms with Crippen LogP contribution < -0.4 is 4.74 Å². The summed E-state index contributed by atoms with van der Waals surface area (Å²) in [6.45, 7) is 3.61. The van der Waals surface area contributed by atoms with E-state index in [4.69, 9.17) is 9.47 Å². The van der Waals surface area contributed by atoms with Crippen LogP contribution in [0.5, 0.6) is 5.75 Å². The highest BCUT2D eigenvalue weighted by molar-refractivity contribution is 5.25. The summed E-state index contributed by atoms with van der Waals surface area (Å²) >= 11 is 0. The Balaban J connectivity index is 1.82. The monoisotopic (exact) mass is 279 g/mol. The second kappa shape index (κ2) is 8.22. The van der Waals surface area contributed by atoms with Crippen molar-refractivity contribution >= 4 is 0 Å². The normalized spacial score (nSPS) is 20.6. The highest BCUT2D eigenvalue weighted by Crippen LogP contribution is 2.25. The number of aliphatic hydroxyl groups is 1. The third-order valence-electron chi connectivity index (χ3n) is 3.63. The topological polar surface area (TPSA) is 51.6 Å². The Labute approximate surface area is 121 Å². The average Bonchev–Trinajstić information content (AvgIpc) is 2.52. The molecule has 1 N–H and O–H groups in total. The molecule has 2 atom stereocenters. The van der Waals surface area contributed by atoms with Crippen LogP contribution in [0.3, 0.4) is 0 Å². The van der Waals surface area contributed by atoms with Crippen molar-refractivity contribution in [2.45, 2.75) is 57.7 Å². The molecule has 0 spiro atoms. The molecule has 2 unspecified atom stereocenters. The minimum absolute atomic E-state index is 0.311. The van der Waals surface area contributed by atoms with Gasteiger partial charge in [0.05, 0.1) is 25.0 Å². The molecule has 0 saturated carbocycles. The van der Waals surface area contributed by atoms with Gasteiger partial charge in [-0.25, -0.2) is 0 Å². The Kier molecular flexibility index (Phi) is 6.27. The zero-order chi connectivity index (χ0) is 14.2. The number of hydrogen-bond donors (Lipinski definition) is 1. The van der Waals surface area contributed by atoms with Gasteiger partial charge in [-0.05, 0) is 44.6 Å². The molecule has 0 aliphatic carbocycles. The number of pyridine rings is 1. The zero-order valence-electron chi connectivity index (χ0n) is 12.3. The predicted molar refractivity (Wildman–Crippen MR) is 77.8 cm³/mol. The molecule has 2 heterocycles. The van der Waals surface area contributed by atoms with Crippen molar-refractivity contribution in [3.05, 3.63) is 24.0 Å². The van der Waals surface area contributed by atoms with E-state index >= 15 is 0 Å². The van der Waals surface area contributed by atoms with E-state index in [0.717, 1.165) is 37.2 Å². The van der Waals surface area contributed by atoms with Gasteiger partial charge in [-0.1, -0.05) is 6.92 Å². The lowest BCUT2D eigenvalue weighted by Gasteiger charge is -2.23. The molecule has 0 amide bonds. The summed E-state index contributed by atoms with van der Waals surface area (Å²) in [6.07, 6.45) is 9.33. The quantitative estimate of drug-likeness (QED) is 0.832. The van der Waals surface area contributed by atoms with Gasteiger partial charge < -0.3 is 14.6 Å². The lowest BCUT2D eigenvalue weighted by molar-refractivity contribution is 0.00210. The Morgan fingerprint density at radius 1 is 1.45 bits per heavy atom. The summed E-state index contributed by atoms with van der Waals surface area (Å²) in [5.41, 5.74) is 0.828. The largest absolute Gasteiger partial charge is 0.492 e. The fraction of sp³-hybridized carbons (Fsp3) is 0.688. The summed E-state index contributed by atoms with van der Waals surface area (Å²) < 4.78 is 11.2. The molecule has 4 heteroatoms. The molecule has 0 radical (unpaired) electrons. The maximum atomic E-state index is 10.2. The molecule has 0 bridgehead atoms. The second-order valence-electron chi connectivity index (χ2n) is 5.38. The number of aromatic nitrogens is 1. The zero-order valence-corrected chi connectivity index (χ0v) is 12.3. The van der Waals surface area contributed by atoms with Gasteiger partial charge in [0.15, 0.2) is 0 Å². The summed E-state index contributed by atoms with van der Waals surface area (Å²) in [6, 6.07) is 1.88. The number of aliphatic hydroxyl groups excluding tert-OH is 1. The smallest absolute Gasteiger partial charge is 0.137 e. The van der Waals surface area contributed by atoms with Gasteiger partial charge in [-0.2, -0.15) is 0 Å². The molecule has 0 aromatic carbocycles. The van der Waals surface area contributed by atoms with Crippen LogP contribution in [-0.4, -0.2) is 29.4 Å². The summed E-state index contributed by atoms with van der Waals surface area (Å²) in [4.78, 5) is 4.14. The van der Waals surface area contributed by atoms with Crippen LogP contribution in [0.25, 0.3) is 0 Å². The minimum atomic E-state index is -0.488. The van der Waals surface area contributed by atoms with Gasteiger partial charge in [0.25, 0.3) is 0 Å². The Morgan fingerprint density at radius 3 is 3.10 bits per heavy atom. The molecule has 2 rings (SSSR count). The van der Waals surface area contributed by atoms with Gasteiger partial charge in [-0.3, -0.25) is 4.98 Å². The van der Waals surface area contributed by atoms with Gasteiger partial charge in [-0.15, -0.1) is 0 Å². The molecule has 1 aliphatic rings. The highest BCUT2D eigenvalue weighted by atomic mass is 16.5. The number of rotatable bonds is 7. The SMILES string of the molecule is CCCOc1cncc(C(O)CCC2CCCCO2)c1. The summed E-state index contributed by atoms with van der Waals surface area (Å²) in [5.74, 6) is 0.734. The fourth-order valence-corrected chi connectivity index (χ4v) is 2.46. The van der Waals surface area contributed by atoms with Crippen LogP contribution in [0.15, 0.2) is 18.5 Å². The van der Waals surface area contributed by atoms with Crippen molar-refractivity contribution in [2.75, 3.05) is 13.2 Å².